The second-order valence-corrected chi connectivity index (χ2v) is 5.06. The average Bonchev–Trinajstić information content (AvgIpc) is 2.93. The molecule has 2 aliphatic rings. The van der Waals surface area contributed by atoms with Gasteiger partial charge >= 0.3 is 0 Å². The van der Waals surface area contributed by atoms with Gasteiger partial charge < -0.3 is 11.1 Å². The minimum Gasteiger partial charge on any atom is -0.348 e. The smallest absolute Gasteiger partial charge is 0.240 e. The first-order valence-electron chi connectivity index (χ1n) is 5.97. The summed E-state index contributed by atoms with van der Waals surface area (Å²) in [5, 5.41) is 2.97. The highest BCUT2D eigenvalue weighted by atomic mass is 19.1. The summed E-state index contributed by atoms with van der Waals surface area (Å²) in [5.74, 6) is -0.284. The van der Waals surface area contributed by atoms with Crippen molar-refractivity contribution in [3.8, 4) is 0 Å². The minimum atomic E-state index is -0.636. The third-order valence-electron chi connectivity index (χ3n) is 3.73. The first kappa shape index (κ1) is 10.7. The molecule has 4 heteroatoms. The number of aryl methyl sites for hydroxylation is 1. The lowest BCUT2D eigenvalue weighted by Gasteiger charge is -2.17. The van der Waals surface area contributed by atoms with E-state index in [4.69, 9.17) is 5.73 Å². The van der Waals surface area contributed by atoms with Gasteiger partial charge in [-0.05, 0) is 48.9 Å². The average molecular weight is 234 g/mol. The number of hydrogen-bond donors (Lipinski definition) is 2. The standard InChI is InChI=1S/C13H15FN2O/c14-9-2-3-10-8(7-9)1-4-11(10)16-12(17)13(15)5-6-13/h2-3,7,11H,1,4-6,15H2,(H,16,17). The van der Waals surface area contributed by atoms with E-state index in [2.05, 4.69) is 5.32 Å². The number of carbonyl (C=O) groups is 1. The number of nitrogens with two attached hydrogens (primary N) is 1. The molecule has 90 valence electrons. The van der Waals surface area contributed by atoms with Crippen molar-refractivity contribution in [2.24, 2.45) is 5.73 Å². The fourth-order valence-electron chi connectivity index (χ4n) is 2.40. The highest BCUT2D eigenvalue weighted by molar-refractivity contribution is 5.89. The van der Waals surface area contributed by atoms with Crippen molar-refractivity contribution in [1.82, 2.24) is 5.32 Å². The van der Waals surface area contributed by atoms with E-state index in [1.54, 1.807) is 12.1 Å². The van der Waals surface area contributed by atoms with Crippen molar-refractivity contribution in [1.29, 1.82) is 0 Å². The van der Waals surface area contributed by atoms with E-state index in [9.17, 15) is 9.18 Å². The summed E-state index contributed by atoms with van der Waals surface area (Å²) < 4.78 is 13.0. The van der Waals surface area contributed by atoms with E-state index >= 15 is 0 Å². The van der Waals surface area contributed by atoms with Crippen LogP contribution in [-0.4, -0.2) is 11.4 Å². The Balaban J connectivity index is 1.77. The van der Waals surface area contributed by atoms with E-state index < -0.39 is 5.54 Å². The molecule has 1 fully saturated rings. The summed E-state index contributed by atoms with van der Waals surface area (Å²) in [6.45, 7) is 0. The van der Waals surface area contributed by atoms with Crippen LogP contribution in [0.15, 0.2) is 18.2 Å². The van der Waals surface area contributed by atoms with E-state index in [1.807, 2.05) is 0 Å². The van der Waals surface area contributed by atoms with Gasteiger partial charge in [-0.15, -0.1) is 0 Å². The van der Waals surface area contributed by atoms with Crippen LogP contribution in [0.25, 0.3) is 0 Å². The van der Waals surface area contributed by atoms with Crippen molar-refractivity contribution in [2.45, 2.75) is 37.3 Å². The summed E-state index contributed by atoms with van der Waals surface area (Å²) in [7, 11) is 0. The van der Waals surface area contributed by atoms with Crippen molar-refractivity contribution in [2.75, 3.05) is 0 Å². The number of halogens is 1. The molecule has 3 rings (SSSR count). The highest BCUT2D eigenvalue weighted by Gasteiger charge is 2.46. The van der Waals surface area contributed by atoms with Crippen LogP contribution in [0.1, 0.15) is 36.4 Å². The van der Waals surface area contributed by atoms with Gasteiger partial charge in [-0.3, -0.25) is 4.79 Å². The molecule has 0 radical (unpaired) electrons. The van der Waals surface area contributed by atoms with Crippen LogP contribution in [-0.2, 0) is 11.2 Å². The lowest BCUT2D eigenvalue weighted by atomic mass is 10.1. The molecule has 3 nitrogen and oxygen atoms in total. The third kappa shape index (κ3) is 1.82. The molecule has 3 N–H and O–H groups in total. The molecule has 1 aromatic rings. The Hall–Kier alpha value is -1.42. The number of amides is 1. The van der Waals surface area contributed by atoms with Crippen LogP contribution >= 0.6 is 0 Å². The molecular formula is C13H15FN2O. The molecule has 1 unspecified atom stereocenters. The van der Waals surface area contributed by atoms with E-state index in [-0.39, 0.29) is 17.8 Å². The van der Waals surface area contributed by atoms with Gasteiger partial charge in [-0.2, -0.15) is 0 Å². The number of nitrogens with one attached hydrogen (secondary N) is 1. The largest absolute Gasteiger partial charge is 0.348 e. The Morgan fingerprint density at radius 1 is 1.47 bits per heavy atom. The van der Waals surface area contributed by atoms with Gasteiger partial charge in [0.05, 0.1) is 11.6 Å². The number of hydrogen-bond acceptors (Lipinski definition) is 2. The van der Waals surface area contributed by atoms with Gasteiger partial charge in [0.2, 0.25) is 5.91 Å². The maximum absolute atomic E-state index is 13.0. The summed E-state index contributed by atoms with van der Waals surface area (Å²) in [4.78, 5) is 11.8. The van der Waals surface area contributed by atoms with E-state index in [0.29, 0.717) is 0 Å². The molecule has 1 amide bonds. The van der Waals surface area contributed by atoms with Gasteiger partial charge in [-0.1, -0.05) is 6.07 Å². The van der Waals surface area contributed by atoms with Crippen molar-refractivity contribution in [3.63, 3.8) is 0 Å². The van der Waals surface area contributed by atoms with E-state index in [1.165, 1.54) is 6.07 Å². The monoisotopic (exact) mass is 234 g/mol. The predicted octanol–water partition coefficient (Wildman–Crippen LogP) is 1.42. The van der Waals surface area contributed by atoms with Crippen LogP contribution in [0, 0.1) is 5.82 Å². The fraction of sp³-hybridized carbons (Fsp3) is 0.462. The second-order valence-electron chi connectivity index (χ2n) is 5.06. The van der Waals surface area contributed by atoms with Crippen LogP contribution < -0.4 is 11.1 Å². The Kier molecular flexibility index (Phi) is 2.23. The molecule has 0 bridgehead atoms. The number of benzene rings is 1. The van der Waals surface area contributed by atoms with Crippen LogP contribution in [0.3, 0.4) is 0 Å². The SMILES string of the molecule is NC1(C(=O)NC2CCc3cc(F)ccc32)CC1. The van der Waals surface area contributed by atoms with Gasteiger partial charge in [0, 0.05) is 0 Å². The second kappa shape index (κ2) is 3.53. The number of rotatable bonds is 2. The number of carbonyl (C=O) groups excluding carboxylic acids is 1. The molecule has 1 aromatic carbocycles. The van der Waals surface area contributed by atoms with Gasteiger partial charge in [0.25, 0.3) is 0 Å². The highest BCUT2D eigenvalue weighted by Crippen LogP contribution is 2.36. The quantitative estimate of drug-likeness (QED) is 0.813. The fourth-order valence-corrected chi connectivity index (χ4v) is 2.40. The van der Waals surface area contributed by atoms with Crippen LogP contribution in [0.2, 0.25) is 0 Å². The molecule has 0 aromatic heterocycles. The molecule has 0 aliphatic heterocycles. The summed E-state index contributed by atoms with van der Waals surface area (Å²) in [6, 6.07) is 4.76. The molecule has 1 atom stereocenters. The van der Waals surface area contributed by atoms with Gasteiger partial charge in [0.1, 0.15) is 5.82 Å². The molecule has 1 saturated carbocycles. The molecule has 2 aliphatic carbocycles. The Bertz CT molecular complexity index is 482. The maximum Gasteiger partial charge on any atom is 0.240 e. The lowest BCUT2D eigenvalue weighted by Crippen LogP contribution is -2.43. The minimum absolute atomic E-state index is 0.000810. The Morgan fingerprint density at radius 2 is 2.24 bits per heavy atom. The first-order valence-corrected chi connectivity index (χ1v) is 5.97. The lowest BCUT2D eigenvalue weighted by molar-refractivity contribution is -0.124. The van der Waals surface area contributed by atoms with Crippen molar-refractivity contribution >= 4 is 5.91 Å². The summed E-state index contributed by atoms with van der Waals surface area (Å²) in [6.07, 6.45) is 3.18. The van der Waals surface area contributed by atoms with Gasteiger partial charge in [-0.25, -0.2) is 4.39 Å². The van der Waals surface area contributed by atoms with Crippen LogP contribution in [0.4, 0.5) is 4.39 Å². The summed E-state index contributed by atoms with van der Waals surface area (Å²) in [5.41, 5.74) is 7.23. The van der Waals surface area contributed by atoms with Crippen LogP contribution in [0.5, 0.6) is 0 Å². The molecule has 0 spiro atoms. The van der Waals surface area contributed by atoms with E-state index in [0.717, 1.165) is 36.8 Å². The van der Waals surface area contributed by atoms with Crippen molar-refractivity contribution < 1.29 is 9.18 Å². The molecule has 17 heavy (non-hydrogen) atoms. The first-order chi connectivity index (χ1) is 8.08. The topological polar surface area (TPSA) is 55.1 Å². The normalized spacial score (nSPS) is 24.2. The van der Waals surface area contributed by atoms with Gasteiger partial charge in [0.15, 0.2) is 0 Å². The number of fused-ring (bicyclic) bond motifs is 1. The Morgan fingerprint density at radius 3 is 2.94 bits per heavy atom. The molecule has 0 saturated heterocycles. The summed E-state index contributed by atoms with van der Waals surface area (Å²) >= 11 is 0. The zero-order valence-corrected chi connectivity index (χ0v) is 9.50. The molecular weight excluding hydrogens is 219 g/mol. The zero-order valence-electron chi connectivity index (χ0n) is 9.50. The third-order valence-corrected chi connectivity index (χ3v) is 3.73. The molecule has 0 heterocycles. The Labute approximate surface area is 99.2 Å². The zero-order chi connectivity index (χ0) is 12.0. The van der Waals surface area contributed by atoms with Crippen molar-refractivity contribution in [3.05, 3.63) is 35.1 Å². The predicted molar refractivity (Wildman–Crippen MR) is 61.8 cm³/mol. The maximum atomic E-state index is 13.0.